The van der Waals surface area contributed by atoms with Gasteiger partial charge in [-0.2, -0.15) is 0 Å². The van der Waals surface area contributed by atoms with E-state index in [1.165, 1.54) is 44.2 Å². The highest BCUT2D eigenvalue weighted by Crippen LogP contribution is 2.40. The lowest BCUT2D eigenvalue weighted by Gasteiger charge is -2.39. The second-order valence-corrected chi connectivity index (χ2v) is 7.06. The summed E-state index contributed by atoms with van der Waals surface area (Å²) in [4.78, 5) is 16.3. The first-order valence-corrected chi connectivity index (χ1v) is 8.95. The highest BCUT2D eigenvalue weighted by atomic mass is 19.1. The van der Waals surface area contributed by atoms with E-state index in [4.69, 9.17) is 4.42 Å². The molecule has 2 aliphatic rings. The standard InChI is InChI=1S/C18H21FN4O2/c19-13-6-8-15(20-10-13)17-22-23-18(25-17)16(24)21-14-7-5-11-3-1-2-4-12(11)9-14/h6,8,10-12,14H,1-5,7,9H2,(H,21,24). The zero-order valence-corrected chi connectivity index (χ0v) is 13.9. The number of hydrogen-bond acceptors (Lipinski definition) is 5. The van der Waals surface area contributed by atoms with Crippen molar-refractivity contribution in [3.63, 3.8) is 0 Å². The fourth-order valence-electron chi connectivity index (χ4n) is 4.17. The van der Waals surface area contributed by atoms with Crippen molar-refractivity contribution in [3.8, 4) is 11.6 Å². The van der Waals surface area contributed by atoms with Crippen molar-refractivity contribution in [1.82, 2.24) is 20.5 Å². The molecule has 0 radical (unpaired) electrons. The fourth-order valence-corrected chi connectivity index (χ4v) is 4.17. The number of amides is 1. The molecule has 0 aromatic carbocycles. The van der Waals surface area contributed by atoms with Crippen molar-refractivity contribution >= 4 is 5.91 Å². The maximum absolute atomic E-state index is 12.9. The topological polar surface area (TPSA) is 80.9 Å². The minimum absolute atomic E-state index is 0.0770. The fraction of sp³-hybridized carbons (Fsp3) is 0.556. The van der Waals surface area contributed by atoms with Gasteiger partial charge in [-0.3, -0.25) is 4.79 Å². The molecule has 2 aliphatic carbocycles. The Morgan fingerprint density at radius 3 is 2.76 bits per heavy atom. The van der Waals surface area contributed by atoms with E-state index in [1.54, 1.807) is 0 Å². The lowest BCUT2D eigenvalue weighted by molar-refractivity contribution is 0.0846. The Morgan fingerprint density at radius 1 is 1.12 bits per heavy atom. The van der Waals surface area contributed by atoms with Gasteiger partial charge in [-0.15, -0.1) is 10.2 Å². The van der Waals surface area contributed by atoms with Gasteiger partial charge in [0, 0.05) is 6.04 Å². The van der Waals surface area contributed by atoms with Crippen molar-refractivity contribution in [2.24, 2.45) is 11.8 Å². The molecule has 4 rings (SSSR count). The van der Waals surface area contributed by atoms with Gasteiger partial charge in [0.2, 0.25) is 0 Å². The molecule has 1 amide bonds. The third-order valence-corrected chi connectivity index (χ3v) is 5.44. The first kappa shape index (κ1) is 16.2. The molecule has 2 fully saturated rings. The zero-order chi connectivity index (χ0) is 17.2. The average molecular weight is 344 g/mol. The Labute approximate surface area is 145 Å². The summed E-state index contributed by atoms with van der Waals surface area (Å²) in [6.07, 6.45) is 9.57. The molecule has 7 heteroatoms. The Balaban J connectivity index is 1.39. The second-order valence-electron chi connectivity index (χ2n) is 7.06. The molecule has 3 atom stereocenters. The zero-order valence-electron chi connectivity index (χ0n) is 13.9. The van der Waals surface area contributed by atoms with Crippen molar-refractivity contribution < 1.29 is 13.6 Å². The summed E-state index contributed by atoms with van der Waals surface area (Å²) in [5.41, 5.74) is 0.343. The van der Waals surface area contributed by atoms with Crippen LogP contribution in [0, 0.1) is 17.7 Å². The average Bonchev–Trinajstić information content (AvgIpc) is 3.12. The first-order chi connectivity index (χ1) is 12.2. The van der Waals surface area contributed by atoms with E-state index in [0.29, 0.717) is 5.69 Å². The predicted molar refractivity (Wildman–Crippen MR) is 88.0 cm³/mol. The van der Waals surface area contributed by atoms with Crippen molar-refractivity contribution in [3.05, 3.63) is 30.0 Å². The number of rotatable bonds is 3. The highest BCUT2D eigenvalue weighted by Gasteiger charge is 2.33. The normalized spacial score (nSPS) is 26.0. The lowest BCUT2D eigenvalue weighted by atomic mass is 9.69. The largest absolute Gasteiger partial charge is 0.411 e. The number of fused-ring (bicyclic) bond motifs is 1. The third-order valence-electron chi connectivity index (χ3n) is 5.44. The van der Waals surface area contributed by atoms with Crippen LogP contribution in [0.25, 0.3) is 11.6 Å². The first-order valence-electron chi connectivity index (χ1n) is 8.95. The van der Waals surface area contributed by atoms with E-state index in [1.807, 2.05) is 0 Å². The summed E-state index contributed by atoms with van der Waals surface area (Å²) in [5, 5.41) is 10.7. The van der Waals surface area contributed by atoms with Crippen LogP contribution in [-0.2, 0) is 0 Å². The van der Waals surface area contributed by atoms with Gasteiger partial charge in [-0.25, -0.2) is 9.37 Å². The minimum Gasteiger partial charge on any atom is -0.411 e. The van der Waals surface area contributed by atoms with Crippen LogP contribution >= 0.6 is 0 Å². The molecule has 2 aromatic heterocycles. The molecular formula is C18H21FN4O2. The molecule has 0 bridgehead atoms. The monoisotopic (exact) mass is 344 g/mol. The number of pyridine rings is 1. The van der Waals surface area contributed by atoms with Crippen LogP contribution in [0.2, 0.25) is 0 Å². The van der Waals surface area contributed by atoms with Gasteiger partial charge in [0.05, 0.1) is 6.20 Å². The third kappa shape index (κ3) is 3.55. The molecule has 3 unspecified atom stereocenters. The summed E-state index contributed by atoms with van der Waals surface area (Å²) in [7, 11) is 0. The summed E-state index contributed by atoms with van der Waals surface area (Å²) < 4.78 is 18.3. The molecule has 2 heterocycles. The van der Waals surface area contributed by atoms with E-state index < -0.39 is 5.82 Å². The van der Waals surface area contributed by atoms with Gasteiger partial charge in [0.15, 0.2) is 0 Å². The highest BCUT2D eigenvalue weighted by molar-refractivity contribution is 5.89. The molecule has 25 heavy (non-hydrogen) atoms. The summed E-state index contributed by atoms with van der Waals surface area (Å²) in [6.45, 7) is 0. The Bertz CT molecular complexity index is 746. The van der Waals surface area contributed by atoms with Crippen LogP contribution in [0.4, 0.5) is 4.39 Å². The molecule has 0 spiro atoms. The van der Waals surface area contributed by atoms with E-state index in [-0.39, 0.29) is 23.7 Å². The van der Waals surface area contributed by atoms with Gasteiger partial charge in [0.25, 0.3) is 5.89 Å². The smallest absolute Gasteiger partial charge is 0.309 e. The summed E-state index contributed by atoms with van der Waals surface area (Å²) in [5.74, 6) is 0.809. The van der Waals surface area contributed by atoms with Gasteiger partial charge in [0.1, 0.15) is 11.5 Å². The summed E-state index contributed by atoms with van der Waals surface area (Å²) in [6, 6.07) is 2.87. The Kier molecular flexibility index (Phi) is 4.46. The molecule has 2 saturated carbocycles. The number of halogens is 1. The van der Waals surface area contributed by atoms with Gasteiger partial charge < -0.3 is 9.73 Å². The maximum atomic E-state index is 12.9. The number of nitrogens with one attached hydrogen (secondary N) is 1. The van der Waals surface area contributed by atoms with E-state index in [2.05, 4.69) is 20.5 Å². The van der Waals surface area contributed by atoms with Crippen LogP contribution in [0.5, 0.6) is 0 Å². The van der Waals surface area contributed by atoms with Crippen LogP contribution in [-0.4, -0.2) is 27.1 Å². The summed E-state index contributed by atoms with van der Waals surface area (Å²) >= 11 is 0. The molecule has 132 valence electrons. The number of carbonyl (C=O) groups excluding carboxylic acids is 1. The van der Waals surface area contributed by atoms with Crippen LogP contribution in [0.1, 0.15) is 55.6 Å². The Morgan fingerprint density at radius 2 is 1.96 bits per heavy atom. The predicted octanol–water partition coefficient (Wildman–Crippen LogP) is 3.36. The van der Waals surface area contributed by atoms with Crippen LogP contribution in [0.15, 0.2) is 22.7 Å². The minimum atomic E-state index is -0.445. The van der Waals surface area contributed by atoms with E-state index in [0.717, 1.165) is 30.9 Å². The lowest BCUT2D eigenvalue weighted by Crippen LogP contribution is -2.41. The Hall–Kier alpha value is -2.31. The number of aromatic nitrogens is 3. The van der Waals surface area contributed by atoms with Gasteiger partial charge in [-0.05, 0) is 43.2 Å². The molecule has 0 saturated heterocycles. The molecule has 1 N–H and O–H groups in total. The van der Waals surface area contributed by atoms with Crippen molar-refractivity contribution in [2.75, 3.05) is 0 Å². The van der Waals surface area contributed by atoms with Crippen LogP contribution in [0.3, 0.4) is 0 Å². The van der Waals surface area contributed by atoms with Gasteiger partial charge >= 0.3 is 11.8 Å². The van der Waals surface area contributed by atoms with Crippen molar-refractivity contribution in [2.45, 2.75) is 51.0 Å². The van der Waals surface area contributed by atoms with Crippen molar-refractivity contribution in [1.29, 1.82) is 0 Å². The second kappa shape index (κ2) is 6.90. The SMILES string of the molecule is O=C(NC1CCC2CCCCC2C1)c1nnc(-c2ccc(F)cn2)o1. The van der Waals surface area contributed by atoms with E-state index >= 15 is 0 Å². The number of carbonyl (C=O) groups is 1. The number of nitrogens with zero attached hydrogens (tertiary/aromatic N) is 3. The quantitative estimate of drug-likeness (QED) is 0.923. The van der Waals surface area contributed by atoms with Crippen LogP contribution < -0.4 is 5.32 Å². The molecular weight excluding hydrogens is 323 g/mol. The molecule has 2 aromatic rings. The maximum Gasteiger partial charge on any atom is 0.309 e. The van der Waals surface area contributed by atoms with Gasteiger partial charge in [-0.1, -0.05) is 25.7 Å². The van der Waals surface area contributed by atoms with E-state index in [9.17, 15) is 9.18 Å². The molecule has 6 nitrogen and oxygen atoms in total. The molecule has 0 aliphatic heterocycles. The number of hydrogen-bond donors (Lipinski definition) is 1.